The quantitative estimate of drug-likeness (QED) is 0.682. The van der Waals surface area contributed by atoms with Crippen LogP contribution in [0, 0.1) is 6.92 Å². The molecule has 2 heterocycles. The summed E-state index contributed by atoms with van der Waals surface area (Å²) < 4.78 is 1.86. The van der Waals surface area contributed by atoms with E-state index in [-0.39, 0.29) is 0 Å². The Hall–Kier alpha value is -2.42. The van der Waals surface area contributed by atoms with Gasteiger partial charge in [-0.25, -0.2) is 4.68 Å². The van der Waals surface area contributed by atoms with E-state index < -0.39 is 0 Å². The molecule has 0 saturated heterocycles. The van der Waals surface area contributed by atoms with Crippen molar-refractivity contribution in [2.24, 2.45) is 0 Å². The maximum atomic E-state index is 4.39. The topological polar surface area (TPSA) is 30.7 Å². The van der Waals surface area contributed by atoms with E-state index in [1.54, 1.807) is 12.4 Å². The van der Waals surface area contributed by atoms with E-state index in [2.05, 4.69) is 29.1 Å². The molecule has 88 valence electrons. The lowest BCUT2D eigenvalue weighted by Gasteiger charge is -2.02. The second-order valence-electron chi connectivity index (χ2n) is 4.19. The summed E-state index contributed by atoms with van der Waals surface area (Å²) in [5, 5.41) is 4.39. The van der Waals surface area contributed by atoms with Crippen molar-refractivity contribution in [3.05, 3.63) is 66.7 Å². The van der Waals surface area contributed by atoms with E-state index in [9.17, 15) is 0 Å². The summed E-state index contributed by atoms with van der Waals surface area (Å²) >= 11 is 0. The molecule has 0 fully saturated rings. The van der Waals surface area contributed by atoms with Crippen molar-refractivity contribution in [2.45, 2.75) is 6.92 Å². The van der Waals surface area contributed by atoms with Crippen molar-refractivity contribution in [3.63, 3.8) is 0 Å². The van der Waals surface area contributed by atoms with Gasteiger partial charge in [0.2, 0.25) is 0 Å². The molecule has 0 spiro atoms. The Morgan fingerprint density at radius 1 is 1.00 bits per heavy atom. The fraction of sp³-hybridized carbons (Fsp3) is 0.0667. The smallest absolute Gasteiger partial charge is 0.0676 e. The lowest BCUT2D eigenvalue weighted by molar-refractivity contribution is 0.878. The van der Waals surface area contributed by atoms with Gasteiger partial charge in [-0.15, -0.1) is 0 Å². The van der Waals surface area contributed by atoms with Gasteiger partial charge in [0.1, 0.15) is 0 Å². The summed E-state index contributed by atoms with van der Waals surface area (Å²) in [7, 11) is 0. The van der Waals surface area contributed by atoms with Gasteiger partial charge >= 0.3 is 0 Å². The molecular weight excluding hydrogens is 222 g/mol. The van der Waals surface area contributed by atoms with Crippen LogP contribution in [0.25, 0.3) is 16.8 Å². The fourth-order valence-electron chi connectivity index (χ4n) is 2.00. The normalized spacial score (nSPS) is 10.5. The Morgan fingerprint density at radius 3 is 2.56 bits per heavy atom. The van der Waals surface area contributed by atoms with E-state index in [0.29, 0.717) is 0 Å². The third kappa shape index (κ3) is 1.91. The molecule has 0 unspecified atom stereocenters. The molecule has 18 heavy (non-hydrogen) atoms. The number of aryl methyl sites for hydroxylation is 1. The number of hydrogen-bond donors (Lipinski definition) is 0. The molecule has 3 rings (SSSR count). The minimum atomic E-state index is 1.02. The van der Waals surface area contributed by atoms with Crippen molar-refractivity contribution >= 4 is 0 Å². The van der Waals surface area contributed by atoms with E-state index in [4.69, 9.17) is 0 Å². The summed E-state index contributed by atoms with van der Waals surface area (Å²) in [6, 6.07) is 12.2. The van der Waals surface area contributed by atoms with Gasteiger partial charge in [0, 0.05) is 24.2 Å². The van der Waals surface area contributed by atoms with Crippen LogP contribution in [0.1, 0.15) is 5.56 Å². The monoisotopic (exact) mass is 235 g/mol. The molecule has 2 aromatic heterocycles. The average molecular weight is 235 g/mol. The fourth-order valence-corrected chi connectivity index (χ4v) is 2.00. The molecule has 0 amide bonds. The van der Waals surface area contributed by atoms with Crippen LogP contribution in [0.3, 0.4) is 0 Å². The summed E-state index contributed by atoms with van der Waals surface area (Å²) in [4.78, 5) is 4.01. The van der Waals surface area contributed by atoms with Crippen molar-refractivity contribution in [1.82, 2.24) is 14.8 Å². The lowest BCUT2D eigenvalue weighted by Crippen LogP contribution is -1.93. The van der Waals surface area contributed by atoms with Crippen LogP contribution in [0.4, 0.5) is 0 Å². The second-order valence-corrected chi connectivity index (χ2v) is 4.19. The first-order valence-electron chi connectivity index (χ1n) is 5.86. The largest absolute Gasteiger partial charge is 0.265 e. The Bertz CT molecular complexity index is 656. The highest BCUT2D eigenvalue weighted by Gasteiger charge is 2.04. The van der Waals surface area contributed by atoms with Crippen LogP contribution in [0.5, 0.6) is 0 Å². The molecule has 0 saturated carbocycles. The van der Waals surface area contributed by atoms with Crippen LogP contribution < -0.4 is 0 Å². The van der Waals surface area contributed by atoms with E-state index in [1.165, 1.54) is 11.1 Å². The van der Waals surface area contributed by atoms with Crippen LogP contribution in [0.2, 0.25) is 0 Å². The highest BCUT2D eigenvalue weighted by Crippen LogP contribution is 2.23. The van der Waals surface area contributed by atoms with Gasteiger partial charge in [-0.3, -0.25) is 4.98 Å². The van der Waals surface area contributed by atoms with Crippen molar-refractivity contribution in [3.8, 4) is 16.8 Å². The van der Waals surface area contributed by atoms with Crippen LogP contribution in [-0.2, 0) is 0 Å². The Labute approximate surface area is 106 Å². The molecule has 0 N–H and O–H groups in total. The lowest BCUT2D eigenvalue weighted by atomic mass is 10.0. The molecule has 3 heteroatoms. The Balaban J connectivity index is 2.03. The predicted octanol–water partition coefficient (Wildman–Crippen LogP) is 3.24. The maximum Gasteiger partial charge on any atom is 0.0676 e. The van der Waals surface area contributed by atoms with E-state index in [1.807, 2.05) is 41.3 Å². The van der Waals surface area contributed by atoms with Gasteiger partial charge in [0.15, 0.2) is 0 Å². The van der Waals surface area contributed by atoms with Crippen molar-refractivity contribution in [1.29, 1.82) is 0 Å². The van der Waals surface area contributed by atoms with E-state index >= 15 is 0 Å². The zero-order chi connectivity index (χ0) is 12.4. The molecular formula is C15H13N3. The number of rotatable bonds is 2. The first kappa shape index (κ1) is 10.7. The summed E-state index contributed by atoms with van der Waals surface area (Å²) in [6.45, 7) is 2.11. The van der Waals surface area contributed by atoms with E-state index in [0.717, 1.165) is 11.3 Å². The Morgan fingerprint density at radius 2 is 1.78 bits per heavy atom. The average Bonchev–Trinajstić information content (AvgIpc) is 2.90. The van der Waals surface area contributed by atoms with Crippen LogP contribution in [-0.4, -0.2) is 14.8 Å². The van der Waals surface area contributed by atoms with Gasteiger partial charge in [0.25, 0.3) is 0 Å². The number of pyridine rings is 1. The molecule has 0 aliphatic heterocycles. The number of aromatic nitrogens is 3. The zero-order valence-corrected chi connectivity index (χ0v) is 10.1. The molecule has 0 aliphatic carbocycles. The number of nitrogens with zero attached hydrogens (tertiary/aromatic N) is 3. The molecule has 0 radical (unpaired) electrons. The first-order valence-corrected chi connectivity index (χ1v) is 5.86. The SMILES string of the molecule is Cc1ccccc1-c1cnn(-c2ccncc2)c1. The third-order valence-electron chi connectivity index (χ3n) is 2.97. The summed E-state index contributed by atoms with van der Waals surface area (Å²) in [6.07, 6.45) is 7.47. The van der Waals surface area contributed by atoms with Crippen LogP contribution in [0.15, 0.2) is 61.2 Å². The zero-order valence-electron chi connectivity index (χ0n) is 10.1. The summed E-state index contributed by atoms with van der Waals surface area (Å²) in [5.74, 6) is 0. The van der Waals surface area contributed by atoms with Gasteiger partial charge in [-0.1, -0.05) is 24.3 Å². The maximum absolute atomic E-state index is 4.39. The molecule has 0 aliphatic rings. The first-order chi connectivity index (χ1) is 8.84. The number of benzene rings is 1. The molecule has 3 nitrogen and oxygen atoms in total. The van der Waals surface area contributed by atoms with Crippen LogP contribution >= 0.6 is 0 Å². The molecule has 1 aromatic carbocycles. The molecule has 3 aromatic rings. The van der Waals surface area contributed by atoms with Gasteiger partial charge in [0.05, 0.1) is 11.9 Å². The molecule has 0 bridgehead atoms. The minimum absolute atomic E-state index is 1.02. The van der Waals surface area contributed by atoms with Gasteiger partial charge in [-0.2, -0.15) is 5.10 Å². The summed E-state index contributed by atoms with van der Waals surface area (Å²) in [5.41, 5.74) is 4.62. The standard InChI is InChI=1S/C15H13N3/c1-12-4-2-3-5-15(12)13-10-17-18(11-13)14-6-8-16-9-7-14/h2-11H,1H3. The Kier molecular flexibility index (Phi) is 2.65. The molecule has 0 atom stereocenters. The third-order valence-corrected chi connectivity index (χ3v) is 2.97. The highest BCUT2D eigenvalue weighted by molar-refractivity contribution is 5.65. The van der Waals surface area contributed by atoms with Crippen molar-refractivity contribution < 1.29 is 0 Å². The van der Waals surface area contributed by atoms with Crippen molar-refractivity contribution in [2.75, 3.05) is 0 Å². The second kappa shape index (κ2) is 4.45. The minimum Gasteiger partial charge on any atom is -0.265 e. The number of hydrogen-bond acceptors (Lipinski definition) is 2. The van der Waals surface area contributed by atoms with Gasteiger partial charge < -0.3 is 0 Å². The predicted molar refractivity (Wildman–Crippen MR) is 71.5 cm³/mol. The highest BCUT2D eigenvalue weighted by atomic mass is 15.3. The van der Waals surface area contributed by atoms with Gasteiger partial charge in [-0.05, 0) is 30.2 Å².